The Morgan fingerprint density at radius 1 is 1.31 bits per heavy atom. The molecule has 0 fully saturated rings. The van der Waals surface area contributed by atoms with Crippen molar-refractivity contribution in [2.75, 3.05) is 0 Å². The molecule has 0 aliphatic heterocycles. The largest absolute Gasteiger partial charge is 1.00 e. The molecule has 0 bridgehead atoms. The van der Waals surface area contributed by atoms with Crippen molar-refractivity contribution in [2.45, 2.75) is 6.92 Å². The van der Waals surface area contributed by atoms with Gasteiger partial charge in [-0.15, -0.1) is 5.34 Å². The summed E-state index contributed by atoms with van der Waals surface area (Å²) in [6.45, 7) is 1.81. The van der Waals surface area contributed by atoms with E-state index in [9.17, 15) is 9.90 Å². The van der Waals surface area contributed by atoms with Crippen molar-refractivity contribution in [2.24, 2.45) is 5.34 Å². The first kappa shape index (κ1) is 24.0. The van der Waals surface area contributed by atoms with Crippen LogP contribution in [0, 0.1) is 10.1 Å². The van der Waals surface area contributed by atoms with Gasteiger partial charge >= 0.3 is 103 Å². The van der Waals surface area contributed by atoms with Gasteiger partial charge in [-0.1, -0.05) is 18.2 Å². The average Bonchev–Trinajstić information content (AvgIpc) is 1.89. The summed E-state index contributed by atoms with van der Waals surface area (Å²) >= 11 is 0. The van der Waals surface area contributed by atoms with E-state index < -0.39 is 5.97 Å². The van der Waals surface area contributed by atoms with Crippen molar-refractivity contribution >= 4 is 5.97 Å². The number of carboxylic acids is 1. The first-order valence-electron chi connectivity index (χ1n) is 2.64. The summed E-state index contributed by atoms with van der Waals surface area (Å²) in [4.78, 5) is 17.6. The summed E-state index contributed by atoms with van der Waals surface area (Å²) in [5.41, 5.74) is 0. The van der Waals surface area contributed by atoms with Gasteiger partial charge < -0.3 is 20.0 Å². The Labute approximate surface area is 161 Å². The van der Waals surface area contributed by atoms with Crippen molar-refractivity contribution in [1.82, 2.24) is 0 Å². The fraction of sp³-hybridized carbons (Fsp3) is 0.167. The Kier molecular flexibility index (Phi) is 43.4. The van der Waals surface area contributed by atoms with E-state index >= 15 is 0 Å². The van der Waals surface area contributed by atoms with Crippen LogP contribution >= 0.6 is 0 Å². The predicted molar refractivity (Wildman–Crippen MR) is 38.1 cm³/mol. The van der Waals surface area contributed by atoms with Gasteiger partial charge in [0, 0.05) is 0 Å². The zero-order chi connectivity index (χ0) is 9.11. The number of carbonyl (C=O) groups excluding carboxylic acids is 1. The number of nitrogens with zero attached hydrogens (tertiary/aromatic N) is 1. The van der Waals surface area contributed by atoms with Crippen LogP contribution in [0.2, 0.25) is 0 Å². The number of hydrogen-bond donors (Lipinski definition) is 0. The molecule has 7 heteroatoms. The average molecular weight is 235 g/mol. The Morgan fingerprint density at radius 2 is 1.69 bits per heavy atom. The van der Waals surface area contributed by atoms with E-state index in [0.29, 0.717) is 0 Å². The summed E-state index contributed by atoms with van der Waals surface area (Å²) in [5, 5.41) is 18.6. The van der Waals surface area contributed by atoms with Gasteiger partial charge in [0.15, 0.2) is 0 Å². The van der Waals surface area contributed by atoms with Gasteiger partial charge in [-0.25, -0.2) is 0 Å². The second-order valence-electron chi connectivity index (χ2n) is 1.28. The molecule has 5 nitrogen and oxygen atoms in total. The summed E-state index contributed by atoms with van der Waals surface area (Å²) in [6.07, 6.45) is 5.74. The van der Waals surface area contributed by atoms with Crippen molar-refractivity contribution in [1.29, 1.82) is 0 Å². The molecule has 0 rings (SSSR count). The third-order valence-electron chi connectivity index (χ3n) is 0.536. The van der Waals surface area contributed by atoms with E-state index in [0.717, 1.165) is 11.4 Å². The summed E-state index contributed by atoms with van der Waals surface area (Å²) in [5.74, 6) is -1.16. The van der Waals surface area contributed by atoms with Crippen LogP contribution in [-0.4, -0.2) is 5.97 Å². The monoisotopic (exact) mass is 235 g/mol. The zero-order valence-electron chi connectivity index (χ0n) is 7.89. The molecule has 62 valence electrons. The molecular formula is C6H7K2NO4. The predicted octanol–water partition coefficient (Wildman–Crippen LogP) is -5.87. The van der Waals surface area contributed by atoms with E-state index in [1.54, 1.807) is 19.1 Å². The minimum atomic E-state index is -1.16. The molecule has 0 saturated heterocycles. The van der Waals surface area contributed by atoms with E-state index in [1.807, 2.05) is 0 Å². The maximum Gasteiger partial charge on any atom is 1.00 e. The summed E-state index contributed by atoms with van der Waals surface area (Å²) in [6, 6.07) is 0. The van der Waals surface area contributed by atoms with Crippen molar-refractivity contribution in [3.8, 4) is 0 Å². The van der Waals surface area contributed by atoms with E-state index in [-0.39, 0.29) is 103 Å². The second-order valence-corrected chi connectivity index (χ2v) is 1.28. The van der Waals surface area contributed by atoms with Crippen molar-refractivity contribution in [3.05, 3.63) is 34.4 Å². The third kappa shape index (κ3) is 42.0. The standard InChI is InChI=1S/C6H8O2.2K.HNO2/c1-2-3-4-5-6(7)8;;;2-1-3/h2-5H,1H3,(H,7,8);;;(H,2,3)/q;2*+1;/p-2. The van der Waals surface area contributed by atoms with Crippen molar-refractivity contribution < 1.29 is 113 Å². The fourth-order valence-corrected chi connectivity index (χ4v) is 0.245. The van der Waals surface area contributed by atoms with Crippen LogP contribution in [0.15, 0.2) is 29.6 Å². The maximum absolute atomic E-state index is 9.64. The molecule has 0 atom stereocenters. The van der Waals surface area contributed by atoms with Gasteiger partial charge in [0.1, 0.15) is 0 Å². The Balaban J connectivity index is -0.0000000720. The number of allylic oxidation sites excluding steroid dienone is 3. The number of carboxylic acid groups (broad SMARTS) is 1. The fourth-order valence-electron chi connectivity index (χ4n) is 0.245. The Morgan fingerprint density at radius 3 is 1.92 bits per heavy atom. The second kappa shape index (κ2) is 23.4. The molecule has 0 N–H and O–H groups in total. The molecule has 13 heavy (non-hydrogen) atoms. The minimum Gasteiger partial charge on any atom is -0.545 e. The number of hydrogen-bond acceptors (Lipinski definition) is 5. The van der Waals surface area contributed by atoms with Gasteiger partial charge in [0.25, 0.3) is 0 Å². The van der Waals surface area contributed by atoms with Crippen molar-refractivity contribution in [3.63, 3.8) is 0 Å². The minimum absolute atomic E-state index is 0. The number of aliphatic carboxylic acids is 1. The molecule has 0 aliphatic carbocycles. The topological polar surface area (TPSA) is 92.6 Å². The van der Waals surface area contributed by atoms with Crippen LogP contribution in [0.25, 0.3) is 0 Å². The molecule has 0 aromatic rings. The number of rotatable bonds is 2. The smallest absolute Gasteiger partial charge is 0.545 e. The molecule has 0 aromatic carbocycles. The van der Waals surface area contributed by atoms with Gasteiger partial charge in [-0.05, 0) is 13.0 Å². The molecule has 0 aromatic heterocycles. The van der Waals surface area contributed by atoms with Crippen LogP contribution < -0.4 is 108 Å². The van der Waals surface area contributed by atoms with Gasteiger partial charge in [0.2, 0.25) is 0 Å². The van der Waals surface area contributed by atoms with E-state index in [2.05, 4.69) is 0 Å². The molecular weight excluding hydrogens is 228 g/mol. The molecule has 0 amide bonds. The summed E-state index contributed by atoms with van der Waals surface area (Å²) in [7, 11) is 0. The van der Waals surface area contributed by atoms with Gasteiger partial charge in [-0.3, -0.25) is 0 Å². The molecule has 0 saturated carbocycles. The first-order chi connectivity index (χ1) is 5.18. The van der Waals surface area contributed by atoms with E-state index in [4.69, 9.17) is 10.1 Å². The zero-order valence-corrected chi connectivity index (χ0v) is 14.1. The summed E-state index contributed by atoms with van der Waals surface area (Å²) < 4.78 is 0. The quantitative estimate of drug-likeness (QED) is 0.157. The van der Waals surface area contributed by atoms with Crippen LogP contribution in [0.4, 0.5) is 0 Å². The molecule has 0 aliphatic rings. The molecule has 0 spiro atoms. The number of carbonyl (C=O) groups is 1. The molecule has 0 radical (unpaired) electrons. The molecule has 0 unspecified atom stereocenters. The third-order valence-corrected chi connectivity index (χ3v) is 0.536. The van der Waals surface area contributed by atoms with E-state index in [1.165, 1.54) is 6.08 Å². The molecule has 0 heterocycles. The van der Waals surface area contributed by atoms with Crippen LogP contribution in [0.3, 0.4) is 0 Å². The van der Waals surface area contributed by atoms with Gasteiger partial charge in [-0.2, -0.15) is 0 Å². The normalized spacial score (nSPS) is 7.77. The van der Waals surface area contributed by atoms with Crippen LogP contribution in [0.1, 0.15) is 6.92 Å². The Bertz CT molecular complexity index is 170. The maximum atomic E-state index is 9.64. The van der Waals surface area contributed by atoms with Crippen LogP contribution in [-0.2, 0) is 4.79 Å². The van der Waals surface area contributed by atoms with Crippen LogP contribution in [0.5, 0.6) is 0 Å². The Hall–Kier alpha value is 1.62. The first-order valence-corrected chi connectivity index (χ1v) is 2.64. The SMILES string of the molecule is CC=CC=CC(=O)[O-].O=N[O-].[K+].[K+]. The van der Waals surface area contributed by atoms with Gasteiger partial charge in [0.05, 0.1) is 5.97 Å².